The van der Waals surface area contributed by atoms with E-state index in [0.29, 0.717) is 18.4 Å². The maximum absolute atomic E-state index is 14.7. The maximum atomic E-state index is 14.7. The first-order chi connectivity index (χ1) is 54.2. The topological polar surface area (TPSA) is 670 Å². The molecule has 646 valence electrons. The van der Waals surface area contributed by atoms with Crippen molar-refractivity contribution in [2.75, 3.05) is 19.6 Å². The molecule has 40 heteroatoms. The number of amides is 13. The van der Waals surface area contributed by atoms with Crippen molar-refractivity contribution in [1.82, 2.24) is 63.8 Å². The number of nitrogens with two attached hydrogens (primary N) is 5. The average Bonchev–Trinajstić information content (AvgIpc) is 0.817. The van der Waals surface area contributed by atoms with Gasteiger partial charge in [0, 0.05) is 45.2 Å². The summed E-state index contributed by atoms with van der Waals surface area (Å²) >= 11 is 0. The SMILES string of the molecule is CCCCCCCCCCCC(=O)N[C@H](C(=O)N[C@@H](C)C(=O)N[C@@H](CCC(N)=O)C(=O)N[C@@H](CCC(=O)O)C(=O)N[C@@H](CC(C)C)C(=O)N[C@@H](CCCN=C(N)N)C(=O)N[C@@H](CCCN=C(N)N)C(=O)N[C@H](C(=O)NCC(=O)N[C@@H](CC(=O)O)C(=O)N[C@@H](CCC(=O)O)C(=O)N[C@@H](Cc1ccccc1)C(=O)O)[C@@H](C)CC)[C@@H](C)CC. The quantitative estimate of drug-likeness (QED) is 0.0199. The van der Waals surface area contributed by atoms with E-state index in [1.54, 1.807) is 65.0 Å². The highest BCUT2D eigenvalue weighted by Gasteiger charge is 2.38. The lowest BCUT2D eigenvalue weighted by atomic mass is 9.97. The van der Waals surface area contributed by atoms with Crippen molar-refractivity contribution in [2.24, 2.45) is 56.4 Å². The lowest BCUT2D eigenvalue weighted by Crippen LogP contribution is -2.60. The van der Waals surface area contributed by atoms with Gasteiger partial charge < -0.3 is 113 Å². The molecular weight excluding hydrogens is 1500 g/mol. The maximum Gasteiger partial charge on any atom is 0.326 e. The van der Waals surface area contributed by atoms with Crippen LogP contribution in [0.3, 0.4) is 0 Å². The van der Waals surface area contributed by atoms with Gasteiger partial charge in [-0.25, -0.2) is 4.79 Å². The van der Waals surface area contributed by atoms with E-state index >= 15 is 0 Å². The van der Waals surface area contributed by atoms with Gasteiger partial charge >= 0.3 is 23.9 Å². The zero-order valence-electron chi connectivity index (χ0n) is 67.3. The van der Waals surface area contributed by atoms with Crippen LogP contribution in [0, 0.1) is 17.8 Å². The Hall–Kier alpha value is -11.3. The number of rotatable bonds is 61. The van der Waals surface area contributed by atoms with Crippen molar-refractivity contribution in [2.45, 2.75) is 282 Å². The first-order valence-electron chi connectivity index (χ1n) is 39.1. The molecule has 0 aliphatic rings. The number of nitrogens with one attached hydrogen (secondary N) is 12. The molecule has 0 saturated heterocycles. The third-order valence-corrected chi connectivity index (χ3v) is 18.6. The zero-order valence-corrected chi connectivity index (χ0v) is 67.3. The molecule has 0 spiro atoms. The summed E-state index contributed by atoms with van der Waals surface area (Å²) < 4.78 is 0. The van der Waals surface area contributed by atoms with Crippen LogP contribution < -0.4 is 92.5 Å². The summed E-state index contributed by atoms with van der Waals surface area (Å²) in [6.45, 7) is 12.4. The molecule has 0 unspecified atom stereocenters. The molecular formula is C75H125N19O21. The van der Waals surface area contributed by atoms with Gasteiger partial charge in [0.1, 0.15) is 66.5 Å². The molecule has 1 aromatic carbocycles. The molecule has 0 bridgehead atoms. The Balaban J connectivity index is 3.62. The van der Waals surface area contributed by atoms with E-state index in [9.17, 15) is 102 Å². The molecule has 26 N–H and O–H groups in total. The third kappa shape index (κ3) is 44.1. The molecule has 0 aliphatic carbocycles. The second kappa shape index (κ2) is 56.1. The number of aliphatic carboxylic acids is 4. The van der Waals surface area contributed by atoms with Gasteiger partial charge in [-0.05, 0) is 88.0 Å². The number of unbranched alkanes of at least 4 members (excludes halogenated alkanes) is 8. The average molecular weight is 1630 g/mol. The molecule has 13 atom stereocenters. The minimum atomic E-state index is -1.99. The zero-order chi connectivity index (χ0) is 86.9. The number of carboxylic acid groups (broad SMARTS) is 4. The van der Waals surface area contributed by atoms with Crippen LogP contribution in [-0.4, -0.2) is 219 Å². The van der Waals surface area contributed by atoms with Crippen molar-refractivity contribution < 1.29 is 102 Å². The van der Waals surface area contributed by atoms with Gasteiger partial charge in [0.25, 0.3) is 0 Å². The Morgan fingerprint density at radius 3 is 1.20 bits per heavy atom. The third-order valence-electron chi connectivity index (χ3n) is 18.6. The highest BCUT2D eigenvalue weighted by molar-refractivity contribution is 6.00. The fraction of sp³-hybridized carbons (Fsp3) is 0.667. The van der Waals surface area contributed by atoms with Crippen LogP contribution >= 0.6 is 0 Å². The minimum absolute atomic E-state index is 0.0105. The lowest BCUT2D eigenvalue weighted by molar-refractivity contribution is -0.143. The Morgan fingerprint density at radius 2 is 0.774 bits per heavy atom. The van der Waals surface area contributed by atoms with Crippen molar-refractivity contribution in [3.05, 3.63) is 35.9 Å². The number of guanidine groups is 2. The van der Waals surface area contributed by atoms with Crippen LogP contribution in [-0.2, 0) is 87.9 Å². The number of hydrogen-bond acceptors (Lipinski definition) is 19. The first-order valence-corrected chi connectivity index (χ1v) is 39.1. The molecule has 0 saturated carbocycles. The molecule has 13 amide bonds. The molecule has 1 aromatic rings. The highest BCUT2D eigenvalue weighted by atomic mass is 16.4. The lowest BCUT2D eigenvalue weighted by Gasteiger charge is -2.29. The molecule has 115 heavy (non-hydrogen) atoms. The number of hydrogen-bond donors (Lipinski definition) is 21. The second-order valence-electron chi connectivity index (χ2n) is 28.9. The predicted octanol–water partition coefficient (Wildman–Crippen LogP) is -1.58. The summed E-state index contributed by atoms with van der Waals surface area (Å²) in [5, 5.41) is 68.3. The standard InChI is InChI=1S/C75H125N19O21/c1-9-12-13-14-15-16-17-18-22-29-56(96)93-62(44(7)11-3)72(113)84-45(8)63(104)86-49(30-33-55(76)95)65(106)89-50(31-34-58(98)99)66(107)91-52(38-42(4)5)69(110)88-47(27-23-36-81-74(77)78)64(105)87-48(28-24-37-82-75(79)80)68(109)94-61(43(6)10-2)71(112)83-41-57(97)85-53(40-60(102)103)70(111)90-51(32-35-59(100)101)67(108)92-54(73(114)115)39-46-25-20-19-21-26-46/h19-21,25-26,42-45,47-54,61-62H,9-18,22-24,27-41H2,1-8H3,(H2,76,95)(H,83,112)(H,84,113)(H,85,97)(H,86,104)(H,87,105)(H,88,110)(H,89,106)(H,90,111)(H,91,107)(H,92,108)(H,93,96)(H,94,109)(H,98,99)(H,100,101)(H,102,103)(H,114,115)(H4,77,78,81)(H4,79,80,82)/t43-,44-,45-,47-,48-,49-,50-,51-,52-,53-,54-,61-,62-/m0/s1. The smallest absolute Gasteiger partial charge is 0.326 e. The molecule has 0 aromatic heterocycles. The van der Waals surface area contributed by atoms with Gasteiger partial charge in [-0.15, -0.1) is 0 Å². The van der Waals surface area contributed by atoms with Crippen LogP contribution in [0.2, 0.25) is 0 Å². The van der Waals surface area contributed by atoms with E-state index in [2.05, 4.69) is 80.7 Å². The van der Waals surface area contributed by atoms with Gasteiger partial charge in [-0.3, -0.25) is 86.7 Å². The van der Waals surface area contributed by atoms with Crippen LogP contribution in [0.4, 0.5) is 0 Å². The monoisotopic (exact) mass is 1630 g/mol. The van der Waals surface area contributed by atoms with Crippen molar-refractivity contribution in [3.8, 4) is 0 Å². The Kier molecular flexibility index (Phi) is 49.6. The van der Waals surface area contributed by atoms with E-state index in [-0.39, 0.29) is 88.2 Å². The van der Waals surface area contributed by atoms with Gasteiger partial charge in [0.15, 0.2) is 11.9 Å². The van der Waals surface area contributed by atoms with Crippen molar-refractivity contribution >= 4 is 113 Å². The number of nitrogens with zero attached hydrogens (tertiary/aromatic N) is 2. The van der Waals surface area contributed by atoms with Crippen LogP contribution in [0.25, 0.3) is 0 Å². The van der Waals surface area contributed by atoms with Gasteiger partial charge in [0.05, 0.1) is 13.0 Å². The van der Waals surface area contributed by atoms with E-state index in [0.717, 1.165) is 38.5 Å². The Morgan fingerprint density at radius 1 is 0.374 bits per heavy atom. The molecule has 0 aliphatic heterocycles. The number of carboxylic acids is 4. The molecule has 0 heterocycles. The Labute approximate surface area is 670 Å². The highest BCUT2D eigenvalue weighted by Crippen LogP contribution is 2.17. The van der Waals surface area contributed by atoms with Gasteiger partial charge in [-0.1, -0.05) is 143 Å². The number of aliphatic imine (C=N–C) groups is 2. The van der Waals surface area contributed by atoms with Crippen LogP contribution in [0.1, 0.15) is 215 Å². The summed E-state index contributed by atoms with van der Waals surface area (Å²) in [4.78, 5) is 236. The molecule has 40 nitrogen and oxygen atoms in total. The summed E-state index contributed by atoms with van der Waals surface area (Å²) in [5.74, 6) is -21.0. The summed E-state index contributed by atoms with van der Waals surface area (Å²) in [7, 11) is 0. The largest absolute Gasteiger partial charge is 0.481 e. The van der Waals surface area contributed by atoms with Crippen LogP contribution in [0.5, 0.6) is 0 Å². The second-order valence-corrected chi connectivity index (χ2v) is 28.9. The summed E-state index contributed by atoms with van der Waals surface area (Å²) in [6, 6.07) is -9.34. The van der Waals surface area contributed by atoms with Crippen LogP contribution in [0.15, 0.2) is 40.3 Å². The Bertz CT molecular complexity index is 3430. The summed E-state index contributed by atoms with van der Waals surface area (Å²) in [6.07, 6.45) is 4.43. The van der Waals surface area contributed by atoms with E-state index < -0.39 is 225 Å². The number of carbonyl (C=O) groups is 17. The number of benzene rings is 1. The predicted molar refractivity (Wildman–Crippen MR) is 422 cm³/mol. The fourth-order valence-corrected chi connectivity index (χ4v) is 11.6. The van der Waals surface area contributed by atoms with E-state index in [1.165, 1.54) is 19.8 Å². The van der Waals surface area contributed by atoms with Gasteiger partial charge in [0.2, 0.25) is 76.8 Å². The normalized spacial score (nSPS) is 14.4. The minimum Gasteiger partial charge on any atom is -0.481 e. The van der Waals surface area contributed by atoms with Gasteiger partial charge in [-0.2, -0.15) is 0 Å². The summed E-state index contributed by atoms with van der Waals surface area (Å²) in [5.41, 5.74) is 28.2. The molecule has 0 fully saturated rings. The first kappa shape index (κ1) is 102. The fourth-order valence-electron chi connectivity index (χ4n) is 11.6. The van der Waals surface area contributed by atoms with E-state index in [4.69, 9.17) is 28.7 Å². The van der Waals surface area contributed by atoms with Crippen molar-refractivity contribution in [3.63, 3.8) is 0 Å². The van der Waals surface area contributed by atoms with E-state index in [1.807, 2.05) is 6.92 Å². The number of primary amides is 1. The number of carbonyl (C=O) groups excluding carboxylic acids is 13. The molecule has 0 radical (unpaired) electrons. The van der Waals surface area contributed by atoms with Crippen molar-refractivity contribution in [1.29, 1.82) is 0 Å². The molecule has 1 rings (SSSR count).